The van der Waals surface area contributed by atoms with E-state index in [9.17, 15) is 28.5 Å². The van der Waals surface area contributed by atoms with Gasteiger partial charge in [0.25, 0.3) is 0 Å². The van der Waals surface area contributed by atoms with Crippen molar-refractivity contribution in [2.24, 2.45) is 0 Å². The van der Waals surface area contributed by atoms with E-state index in [2.05, 4.69) is 5.73 Å². The monoisotopic (exact) mass is 428 g/mol. The van der Waals surface area contributed by atoms with Crippen LogP contribution in [0, 0.1) is 21.7 Å². The predicted molar refractivity (Wildman–Crippen MR) is 89.9 cm³/mol. The van der Waals surface area contributed by atoms with Gasteiger partial charge in [0.2, 0.25) is 5.82 Å². The number of nitro benzene ring substituents is 1. The first-order valence-corrected chi connectivity index (χ1v) is 6.15. The minimum Gasteiger partial charge on any atom is -1.00 e. The van der Waals surface area contributed by atoms with Crippen molar-refractivity contribution in [3.05, 3.63) is 69.3 Å². The Balaban J connectivity index is -0.000000388. The van der Waals surface area contributed by atoms with E-state index >= 15 is 0 Å². The molecule has 2 aromatic carbocycles. The Labute approximate surface area is 164 Å². The van der Waals surface area contributed by atoms with Crippen LogP contribution >= 0.6 is 12.4 Å². The number of benzene rings is 2. The van der Waals surface area contributed by atoms with Crippen molar-refractivity contribution in [2.75, 3.05) is 0 Å². The van der Waals surface area contributed by atoms with Gasteiger partial charge >= 0.3 is 17.6 Å². The van der Waals surface area contributed by atoms with Gasteiger partial charge in [-0.15, -0.1) is 12.4 Å². The lowest BCUT2D eigenvalue weighted by Gasteiger charge is -1.95. The first-order valence-electron chi connectivity index (χ1n) is 6.15. The Morgan fingerprint density at radius 3 is 1.74 bits per heavy atom. The van der Waals surface area contributed by atoms with Gasteiger partial charge in [0.05, 0.1) is 16.1 Å². The van der Waals surface area contributed by atoms with Crippen molar-refractivity contribution >= 4 is 35.7 Å². The quantitative estimate of drug-likeness (QED) is 0.459. The fourth-order valence-electron chi connectivity index (χ4n) is 1.49. The molecular formula is C15H16Cl2F2N2O6. The van der Waals surface area contributed by atoms with Crippen molar-refractivity contribution in [3.8, 4) is 0 Å². The molecule has 0 unspecified atom stereocenters. The summed E-state index contributed by atoms with van der Waals surface area (Å²) >= 11 is 0. The van der Waals surface area contributed by atoms with Gasteiger partial charge in [-0.1, -0.05) is 7.43 Å². The van der Waals surface area contributed by atoms with Crippen LogP contribution in [0.3, 0.4) is 0 Å². The molecule has 12 heteroatoms. The van der Waals surface area contributed by atoms with Crippen molar-refractivity contribution in [1.82, 2.24) is 0 Å². The molecule has 8 nitrogen and oxygen atoms in total. The van der Waals surface area contributed by atoms with Crippen LogP contribution in [0.5, 0.6) is 0 Å². The average molecular weight is 429 g/mol. The second-order valence-corrected chi connectivity index (χ2v) is 4.34. The molecule has 2 aromatic rings. The van der Waals surface area contributed by atoms with Crippen LogP contribution in [0.25, 0.3) is 0 Å². The molecular weight excluding hydrogens is 413 g/mol. The van der Waals surface area contributed by atoms with Crippen LogP contribution in [0.15, 0.2) is 36.4 Å². The lowest BCUT2D eigenvalue weighted by atomic mass is 10.2. The van der Waals surface area contributed by atoms with Gasteiger partial charge in [0.15, 0.2) is 11.5 Å². The molecule has 0 heterocycles. The van der Waals surface area contributed by atoms with Crippen molar-refractivity contribution in [1.29, 1.82) is 0 Å². The average Bonchev–Trinajstić information content (AvgIpc) is 2.50. The number of nitrogens with zero attached hydrogens (tertiary/aromatic N) is 1. The van der Waals surface area contributed by atoms with Crippen LogP contribution in [-0.2, 0) is 0 Å². The maximum atomic E-state index is 12.6. The molecule has 0 aliphatic heterocycles. The Kier molecular flexibility index (Phi) is 13.4. The normalized spacial score (nSPS) is 8.56. The third kappa shape index (κ3) is 8.40. The molecule has 150 valence electrons. The van der Waals surface area contributed by atoms with Crippen molar-refractivity contribution in [3.63, 3.8) is 0 Å². The summed E-state index contributed by atoms with van der Waals surface area (Å²) in [6, 6.07) is 5.87. The summed E-state index contributed by atoms with van der Waals surface area (Å²) in [6.07, 6.45) is 0. The number of quaternary nitrogens is 1. The Morgan fingerprint density at radius 2 is 1.37 bits per heavy atom. The molecule has 0 spiro atoms. The zero-order chi connectivity index (χ0) is 18.4. The summed E-state index contributed by atoms with van der Waals surface area (Å²) in [4.78, 5) is 29.9. The number of carbonyl (C=O) groups is 2. The summed E-state index contributed by atoms with van der Waals surface area (Å²) in [7, 11) is 0. The van der Waals surface area contributed by atoms with E-state index in [1.165, 1.54) is 12.1 Å². The molecule has 27 heavy (non-hydrogen) atoms. The minimum atomic E-state index is -1.33. The maximum absolute atomic E-state index is 12.6. The van der Waals surface area contributed by atoms with Gasteiger partial charge < -0.3 is 28.4 Å². The molecule has 0 atom stereocenters. The highest BCUT2D eigenvalue weighted by Crippen LogP contribution is 2.18. The molecule has 0 saturated carbocycles. The Hall–Kier alpha value is -2.82. The van der Waals surface area contributed by atoms with Gasteiger partial charge in [-0.2, -0.15) is 4.39 Å². The van der Waals surface area contributed by atoms with Crippen LogP contribution < -0.4 is 18.1 Å². The van der Waals surface area contributed by atoms with Crippen LogP contribution in [0.1, 0.15) is 28.1 Å². The second kappa shape index (κ2) is 12.5. The molecule has 0 amide bonds. The summed E-state index contributed by atoms with van der Waals surface area (Å²) in [6.45, 7) is 0. The third-order valence-electron chi connectivity index (χ3n) is 2.68. The molecule has 0 aliphatic carbocycles. The SMILES string of the molecule is C.Cl.O=C(O)c1ccc(F)c([N+](=O)[O-])c1.[Cl-].[NH3+]c1cc(C(=O)O)ccc1F. The number of nitro groups is 1. The largest absolute Gasteiger partial charge is 1.00 e. The van der Waals surface area contributed by atoms with E-state index < -0.39 is 34.2 Å². The van der Waals surface area contributed by atoms with Crippen LogP contribution in [-0.4, -0.2) is 27.1 Å². The van der Waals surface area contributed by atoms with Gasteiger partial charge in [-0.05, 0) is 24.3 Å². The highest BCUT2D eigenvalue weighted by molar-refractivity contribution is 5.88. The minimum absolute atomic E-state index is 0. The number of halogens is 4. The first kappa shape index (κ1) is 29.0. The Bertz CT molecular complexity index is 821. The van der Waals surface area contributed by atoms with E-state index in [1.807, 2.05) is 0 Å². The lowest BCUT2D eigenvalue weighted by Crippen LogP contribution is -3.00. The maximum Gasteiger partial charge on any atom is 0.335 e. The fourth-order valence-corrected chi connectivity index (χ4v) is 1.49. The third-order valence-corrected chi connectivity index (χ3v) is 2.68. The smallest absolute Gasteiger partial charge is 0.335 e. The van der Waals surface area contributed by atoms with Gasteiger partial charge in [0, 0.05) is 12.1 Å². The van der Waals surface area contributed by atoms with E-state index in [-0.39, 0.29) is 49.1 Å². The van der Waals surface area contributed by atoms with E-state index in [0.717, 1.165) is 18.2 Å². The molecule has 0 bridgehead atoms. The van der Waals surface area contributed by atoms with Gasteiger partial charge in [-0.3, -0.25) is 10.1 Å². The number of carboxylic acid groups (broad SMARTS) is 2. The number of carboxylic acids is 2. The molecule has 0 aliphatic rings. The topological polar surface area (TPSA) is 145 Å². The molecule has 5 N–H and O–H groups in total. The van der Waals surface area contributed by atoms with Gasteiger partial charge in [-0.25, -0.2) is 14.0 Å². The summed E-state index contributed by atoms with van der Waals surface area (Å²) < 4.78 is 25.2. The summed E-state index contributed by atoms with van der Waals surface area (Å²) in [5, 5.41) is 27.1. The zero-order valence-electron chi connectivity index (χ0n) is 12.7. The molecule has 2 rings (SSSR count). The summed E-state index contributed by atoms with van der Waals surface area (Å²) in [5.41, 5.74) is 2.33. The predicted octanol–water partition coefficient (Wildman–Crippen LogP) is -0.109. The van der Waals surface area contributed by atoms with Crippen molar-refractivity contribution < 1.29 is 51.6 Å². The fraction of sp³-hybridized carbons (Fsp3) is 0.0667. The van der Waals surface area contributed by atoms with E-state index in [1.54, 1.807) is 0 Å². The highest BCUT2D eigenvalue weighted by Gasteiger charge is 2.16. The molecule has 0 radical (unpaired) electrons. The Morgan fingerprint density at radius 1 is 0.963 bits per heavy atom. The first-order chi connectivity index (χ1) is 11.1. The standard InChI is InChI=1S/C7H4FNO4.C7H6FNO2.CH4.2ClH/c8-5-2-1-4(7(10)11)3-6(5)9(12)13;8-5-2-1-4(7(10)11)3-6(5)9;;;/h1-3H,(H,10,11);1-3H,9H2,(H,10,11);1H4;2*1H. The zero-order valence-corrected chi connectivity index (χ0v) is 14.3. The number of hydrogen-bond donors (Lipinski definition) is 3. The second-order valence-electron chi connectivity index (χ2n) is 4.34. The van der Waals surface area contributed by atoms with Crippen molar-refractivity contribution in [2.45, 2.75) is 7.43 Å². The lowest BCUT2D eigenvalue weighted by molar-refractivity contribution is -0.387. The highest BCUT2D eigenvalue weighted by atomic mass is 35.5. The number of rotatable bonds is 3. The molecule has 0 fully saturated rings. The van der Waals surface area contributed by atoms with E-state index in [4.69, 9.17) is 10.2 Å². The van der Waals surface area contributed by atoms with Crippen LogP contribution in [0.4, 0.5) is 20.2 Å². The number of aromatic carboxylic acids is 2. The van der Waals surface area contributed by atoms with Gasteiger partial charge in [0.1, 0.15) is 0 Å². The molecule has 0 aromatic heterocycles. The summed E-state index contributed by atoms with van der Waals surface area (Å²) in [5.74, 6) is -3.94. The van der Waals surface area contributed by atoms with Crippen LogP contribution in [0.2, 0.25) is 0 Å². The molecule has 0 saturated heterocycles. The van der Waals surface area contributed by atoms with E-state index in [0.29, 0.717) is 6.07 Å². The number of hydrogen-bond acceptors (Lipinski definition) is 4.